The Morgan fingerprint density at radius 2 is 2.32 bits per heavy atom. The Morgan fingerprint density at radius 3 is 3.00 bits per heavy atom. The SMILES string of the molecule is CCNCc1ccc(OC)c(CSc2ncn[nH]2)c1. The van der Waals surface area contributed by atoms with Gasteiger partial charge in [-0.15, -0.1) is 0 Å². The predicted molar refractivity (Wildman–Crippen MR) is 76.3 cm³/mol. The number of aromatic amines is 1. The number of nitrogens with one attached hydrogen (secondary N) is 2. The Labute approximate surface area is 117 Å². The molecule has 5 nitrogen and oxygen atoms in total. The summed E-state index contributed by atoms with van der Waals surface area (Å²) in [5, 5.41) is 10.8. The van der Waals surface area contributed by atoms with Crippen LogP contribution >= 0.6 is 11.8 Å². The molecule has 0 atom stereocenters. The van der Waals surface area contributed by atoms with Gasteiger partial charge < -0.3 is 10.1 Å². The standard InChI is InChI=1S/C13H18N4OS/c1-3-14-7-10-4-5-12(18-2)11(6-10)8-19-13-15-9-16-17-13/h4-6,9,14H,3,7-8H2,1-2H3,(H,15,16,17). The fourth-order valence-electron chi connectivity index (χ4n) is 1.73. The van der Waals surface area contributed by atoms with Crippen molar-refractivity contribution in [2.75, 3.05) is 13.7 Å². The number of H-pyrrole nitrogens is 1. The second-order valence-electron chi connectivity index (χ2n) is 4.01. The molecule has 6 heteroatoms. The maximum absolute atomic E-state index is 5.39. The second kappa shape index (κ2) is 7.16. The van der Waals surface area contributed by atoms with Gasteiger partial charge in [-0.1, -0.05) is 24.8 Å². The number of thioether (sulfide) groups is 1. The van der Waals surface area contributed by atoms with Gasteiger partial charge in [-0.05, 0) is 24.2 Å². The van der Waals surface area contributed by atoms with Crippen molar-refractivity contribution in [3.05, 3.63) is 35.7 Å². The molecule has 0 saturated carbocycles. The minimum atomic E-state index is 0.804. The number of rotatable bonds is 7. The van der Waals surface area contributed by atoms with Gasteiger partial charge in [0.05, 0.1) is 7.11 Å². The maximum Gasteiger partial charge on any atom is 0.183 e. The lowest BCUT2D eigenvalue weighted by atomic mass is 10.1. The smallest absolute Gasteiger partial charge is 0.183 e. The molecule has 0 bridgehead atoms. The lowest BCUT2D eigenvalue weighted by Gasteiger charge is -2.10. The highest BCUT2D eigenvalue weighted by molar-refractivity contribution is 7.98. The average molecular weight is 278 g/mol. The van der Waals surface area contributed by atoms with Crippen LogP contribution in [-0.4, -0.2) is 28.8 Å². The van der Waals surface area contributed by atoms with Crippen LogP contribution in [0.3, 0.4) is 0 Å². The summed E-state index contributed by atoms with van der Waals surface area (Å²) in [4.78, 5) is 4.10. The molecule has 1 heterocycles. The van der Waals surface area contributed by atoms with Gasteiger partial charge in [0.2, 0.25) is 0 Å². The molecule has 102 valence electrons. The van der Waals surface area contributed by atoms with Crippen molar-refractivity contribution < 1.29 is 4.74 Å². The summed E-state index contributed by atoms with van der Waals surface area (Å²) < 4.78 is 5.39. The van der Waals surface area contributed by atoms with E-state index in [0.717, 1.165) is 29.7 Å². The largest absolute Gasteiger partial charge is 0.496 e. The van der Waals surface area contributed by atoms with Crippen molar-refractivity contribution in [1.29, 1.82) is 0 Å². The Morgan fingerprint density at radius 1 is 1.42 bits per heavy atom. The number of aromatic nitrogens is 3. The third-order valence-electron chi connectivity index (χ3n) is 2.68. The minimum Gasteiger partial charge on any atom is -0.496 e. The number of hydrogen-bond acceptors (Lipinski definition) is 5. The molecular formula is C13H18N4OS. The van der Waals surface area contributed by atoms with Crippen molar-refractivity contribution in [2.24, 2.45) is 0 Å². The van der Waals surface area contributed by atoms with Gasteiger partial charge in [0.1, 0.15) is 12.1 Å². The van der Waals surface area contributed by atoms with Crippen LogP contribution in [0.25, 0.3) is 0 Å². The third kappa shape index (κ3) is 3.97. The second-order valence-corrected chi connectivity index (χ2v) is 4.97. The van der Waals surface area contributed by atoms with Crippen molar-refractivity contribution in [3.8, 4) is 5.75 Å². The zero-order valence-electron chi connectivity index (χ0n) is 11.1. The highest BCUT2D eigenvalue weighted by Gasteiger charge is 2.06. The zero-order chi connectivity index (χ0) is 13.5. The van der Waals surface area contributed by atoms with E-state index < -0.39 is 0 Å². The molecule has 0 aliphatic rings. The number of ether oxygens (including phenoxy) is 1. The zero-order valence-corrected chi connectivity index (χ0v) is 12.0. The maximum atomic E-state index is 5.39. The van der Waals surface area contributed by atoms with Gasteiger partial charge in [-0.25, -0.2) is 4.98 Å². The molecule has 1 aromatic heterocycles. The van der Waals surface area contributed by atoms with E-state index in [0.29, 0.717) is 0 Å². The molecule has 2 N–H and O–H groups in total. The normalized spacial score (nSPS) is 10.6. The highest BCUT2D eigenvalue weighted by Crippen LogP contribution is 2.26. The van der Waals surface area contributed by atoms with E-state index in [1.54, 1.807) is 18.9 Å². The first-order valence-electron chi connectivity index (χ1n) is 6.18. The first-order valence-corrected chi connectivity index (χ1v) is 7.16. The van der Waals surface area contributed by atoms with Gasteiger partial charge in [0.15, 0.2) is 5.16 Å². The Hall–Kier alpha value is -1.53. The van der Waals surface area contributed by atoms with Crippen molar-refractivity contribution >= 4 is 11.8 Å². The van der Waals surface area contributed by atoms with E-state index in [1.165, 1.54) is 17.5 Å². The molecule has 0 fully saturated rings. The number of benzene rings is 1. The fourth-order valence-corrected chi connectivity index (χ4v) is 2.49. The predicted octanol–water partition coefficient (Wildman–Crippen LogP) is 2.22. The molecule has 2 rings (SSSR count). The molecule has 1 aromatic carbocycles. The topological polar surface area (TPSA) is 62.8 Å². The lowest BCUT2D eigenvalue weighted by Crippen LogP contribution is -2.11. The highest BCUT2D eigenvalue weighted by atomic mass is 32.2. The summed E-state index contributed by atoms with van der Waals surface area (Å²) in [5.41, 5.74) is 2.43. The summed E-state index contributed by atoms with van der Waals surface area (Å²) >= 11 is 1.61. The van der Waals surface area contributed by atoms with Crippen LogP contribution in [0.2, 0.25) is 0 Å². The quantitative estimate of drug-likeness (QED) is 0.760. The molecule has 0 unspecified atom stereocenters. The Balaban J connectivity index is 2.07. The molecule has 0 spiro atoms. The monoisotopic (exact) mass is 278 g/mol. The Kier molecular flexibility index (Phi) is 5.23. The van der Waals surface area contributed by atoms with E-state index in [2.05, 4.69) is 39.6 Å². The van der Waals surface area contributed by atoms with Crippen LogP contribution in [0.1, 0.15) is 18.1 Å². The van der Waals surface area contributed by atoms with Gasteiger partial charge >= 0.3 is 0 Å². The molecule has 0 aliphatic carbocycles. The number of nitrogens with zero attached hydrogens (tertiary/aromatic N) is 2. The molecule has 0 amide bonds. The molecule has 2 aromatic rings. The average Bonchev–Trinajstić information content (AvgIpc) is 2.96. The van der Waals surface area contributed by atoms with E-state index in [4.69, 9.17) is 4.74 Å². The number of hydrogen-bond donors (Lipinski definition) is 2. The van der Waals surface area contributed by atoms with E-state index in [1.807, 2.05) is 6.07 Å². The fraction of sp³-hybridized carbons (Fsp3) is 0.385. The van der Waals surface area contributed by atoms with Crippen LogP contribution < -0.4 is 10.1 Å². The van der Waals surface area contributed by atoms with Crippen molar-refractivity contribution in [2.45, 2.75) is 24.4 Å². The van der Waals surface area contributed by atoms with Gasteiger partial charge in [0.25, 0.3) is 0 Å². The first-order chi connectivity index (χ1) is 9.33. The Bertz CT molecular complexity index is 501. The van der Waals surface area contributed by atoms with E-state index in [9.17, 15) is 0 Å². The summed E-state index contributed by atoms with van der Waals surface area (Å²) in [7, 11) is 1.70. The molecule has 0 aliphatic heterocycles. The number of methoxy groups -OCH3 is 1. The molecule has 0 radical (unpaired) electrons. The van der Waals surface area contributed by atoms with Crippen LogP contribution in [0.15, 0.2) is 29.7 Å². The minimum absolute atomic E-state index is 0.804. The van der Waals surface area contributed by atoms with Crippen LogP contribution in [0.4, 0.5) is 0 Å². The van der Waals surface area contributed by atoms with Gasteiger partial charge in [-0.2, -0.15) is 5.10 Å². The van der Waals surface area contributed by atoms with E-state index >= 15 is 0 Å². The molecule has 0 saturated heterocycles. The summed E-state index contributed by atoms with van der Waals surface area (Å²) in [6.45, 7) is 3.94. The summed E-state index contributed by atoms with van der Waals surface area (Å²) in [6, 6.07) is 6.28. The lowest BCUT2D eigenvalue weighted by molar-refractivity contribution is 0.411. The molecular weight excluding hydrogens is 260 g/mol. The summed E-state index contributed by atoms with van der Waals surface area (Å²) in [6.07, 6.45) is 1.52. The molecule has 19 heavy (non-hydrogen) atoms. The first kappa shape index (κ1) is 13.9. The van der Waals surface area contributed by atoms with Gasteiger partial charge in [0, 0.05) is 17.9 Å². The van der Waals surface area contributed by atoms with Crippen LogP contribution in [-0.2, 0) is 12.3 Å². The van der Waals surface area contributed by atoms with Crippen molar-refractivity contribution in [3.63, 3.8) is 0 Å². The summed E-state index contributed by atoms with van der Waals surface area (Å²) in [5.74, 6) is 1.71. The van der Waals surface area contributed by atoms with Gasteiger partial charge in [-0.3, -0.25) is 5.10 Å². The van der Waals surface area contributed by atoms with Crippen molar-refractivity contribution in [1.82, 2.24) is 20.5 Å². The third-order valence-corrected chi connectivity index (χ3v) is 3.61. The van der Waals surface area contributed by atoms with E-state index in [-0.39, 0.29) is 0 Å². The van der Waals surface area contributed by atoms with Crippen LogP contribution in [0, 0.1) is 0 Å². The van der Waals surface area contributed by atoms with Crippen LogP contribution in [0.5, 0.6) is 5.75 Å².